The summed E-state index contributed by atoms with van der Waals surface area (Å²) in [6.45, 7) is 4.52. The molecule has 0 saturated carbocycles. The van der Waals surface area contributed by atoms with E-state index in [1.807, 2.05) is 6.07 Å². The van der Waals surface area contributed by atoms with Crippen LogP contribution in [0, 0.1) is 0 Å². The van der Waals surface area contributed by atoms with Gasteiger partial charge in [0.1, 0.15) is 5.54 Å². The largest absolute Gasteiger partial charge is 0.452 e. The topological polar surface area (TPSA) is 105 Å². The number of amides is 4. The molecule has 0 aromatic heterocycles. The van der Waals surface area contributed by atoms with Crippen molar-refractivity contribution < 1.29 is 23.9 Å². The van der Waals surface area contributed by atoms with Crippen LogP contribution < -0.4 is 10.6 Å². The van der Waals surface area contributed by atoms with Gasteiger partial charge in [-0.3, -0.25) is 19.3 Å². The summed E-state index contributed by atoms with van der Waals surface area (Å²) in [5, 5.41) is 5.15. The summed E-state index contributed by atoms with van der Waals surface area (Å²) in [6.07, 6.45) is -1.18. The minimum Gasteiger partial charge on any atom is -0.452 e. The summed E-state index contributed by atoms with van der Waals surface area (Å²) in [6, 6.07) is 8.24. The third kappa shape index (κ3) is 4.56. The van der Waals surface area contributed by atoms with E-state index < -0.39 is 35.5 Å². The summed E-state index contributed by atoms with van der Waals surface area (Å²) in [4.78, 5) is 48.6. The lowest BCUT2D eigenvalue weighted by Gasteiger charge is -2.17. The van der Waals surface area contributed by atoms with E-state index in [-0.39, 0.29) is 13.0 Å². The van der Waals surface area contributed by atoms with Gasteiger partial charge in [-0.1, -0.05) is 18.2 Å². The van der Waals surface area contributed by atoms with Crippen LogP contribution in [0.25, 0.3) is 0 Å². The first kappa shape index (κ1) is 18.4. The molecule has 1 aromatic carbocycles. The zero-order valence-electron chi connectivity index (χ0n) is 14.4. The second kappa shape index (κ2) is 7.33. The molecule has 1 aliphatic rings. The molecular weight excluding hydrogens is 326 g/mol. The Bertz CT molecular complexity index is 687. The molecule has 1 aromatic rings. The van der Waals surface area contributed by atoms with Crippen LogP contribution in [0.2, 0.25) is 0 Å². The van der Waals surface area contributed by atoms with Crippen LogP contribution in [-0.2, 0) is 19.1 Å². The average Bonchev–Trinajstić information content (AvgIpc) is 2.74. The fraction of sp³-hybridized carbons (Fsp3) is 0.412. The van der Waals surface area contributed by atoms with Crippen LogP contribution in [0.5, 0.6) is 0 Å². The van der Waals surface area contributed by atoms with Crippen molar-refractivity contribution in [2.75, 3.05) is 11.9 Å². The van der Waals surface area contributed by atoms with E-state index in [1.165, 1.54) is 6.92 Å². The molecule has 0 aliphatic carbocycles. The van der Waals surface area contributed by atoms with Crippen LogP contribution in [0.15, 0.2) is 30.3 Å². The van der Waals surface area contributed by atoms with Gasteiger partial charge in [0.2, 0.25) is 0 Å². The van der Waals surface area contributed by atoms with Crippen LogP contribution in [-0.4, -0.2) is 46.9 Å². The molecule has 134 valence electrons. The number of imide groups is 1. The van der Waals surface area contributed by atoms with Crippen molar-refractivity contribution in [1.29, 1.82) is 0 Å². The fourth-order valence-corrected chi connectivity index (χ4v) is 2.30. The molecule has 0 radical (unpaired) electrons. The van der Waals surface area contributed by atoms with Gasteiger partial charge in [-0.15, -0.1) is 0 Å². The molecule has 25 heavy (non-hydrogen) atoms. The highest BCUT2D eigenvalue weighted by molar-refractivity contribution is 6.06. The highest BCUT2D eigenvalue weighted by Gasteiger charge is 2.44. The number of para-hydroxylation sites is 1. The summed E-state index contributed by atoms with van der Waals surface area (Å²) < 4.78 is 5.05. The average molecular weight is 347 g/mol. The van der Waals surface area contributed by atoms with Gasteiger partial charge in [-0.25, -0.2) is 4.79 Å². The molecule has 0 spiro atoms. The van der Waals surface area contributed by atoms with E-state index in [4.69, 9.17) is 4.74 Å². The quantitative estimate of drug-likeness (QED) is 0.596. The number of nitrogens with one attached hydrogen (secondary N) is 2. The Balaban J connectivity index is 1.81. The number of esters is 1. The van der Waals surface area contributed by atoms with Gasteiger partial charge in [0.15, 0.2) is 6.10 Å². The molecule has 1 heterocycles. The lowest BCUT2D eigenvalue weighted by atomic mass is 10.1. The second-order valence-corrected chi connectivity index (χ2v) is 6.25. The van der Waals surface area contributed by atoms with Gasteiger partial charge in [0.05, 0.1) is 6.42 Å². The number of nitrogens with zero attached hydrogens (tertiary/aromatic N) is 1. The zero-order chi connectivity index (χ0) is 18.6. The van der Waals surface area contributed by atoms with Crippen molar-refractivity contribution in [3.05, 3.63) is 30.3 Å². The maximum absolute atomic E-state index is 12.0. The van der Waals surface area contributed by atoms with Gasteiger partial charge in [0, 0.05) is 12.2 Å². The number of carbonyl (C=O) groups is 4. The van der Waals surface area contributed by atoms with Crippen molar-refractivity contribution in [3.8, 4) is 0 Å². The SMILES string of the molecule is C[C@@H](OC(=O)CCN1C(=O)NC(C)(C)C1=O)C(=O)Nc1ccccc1. The van der Waals surface area contributed by atoms with Gasteiger partial charge in [-0.2, -0.15) is 0 Å². The van der Waals surface area contributed by atoms with Crippen molar-refractivity contribution in [2.24, 2.45) is 0 Å². The molecule has 4 amide bonds. The number of ether oxygens (including phenoxy) is 1. The first-order valence-corrected chi connectivity index (χ1v) is 7.90. The normalized spacial score (nSPS) is 17.0. The lowest BCUT2D eigenvalue weighted by Crippen LogP contribution is -2.40. The number of hydrogen-bond acceptors (Lipinski definition) is 5. The number of anilines is 1. The Morgan fingerprint density at radius 1 is 1.24 bits per heavy atom. The molecule has 1 atom stereocenters. The molecule has 2 rings (SSSR count). The van der Waals surface area contributed by atoms with Gasteiger partial charge >= 0.3 is 12.0 Å². The minimum absolute atomic E-state index is 0.0973. The number of rotatable bonds is 6. The third-order valence-corrected chi connectivity index (χ3v) is 3.70. The molecule has 8 nitrogen and oxygen atoms in total. The molecule has 1 fully saturated rings. The van der Waals surface area contributed by atoms with Crippen molar-refractivity contribution in [3.63, 3.8) is 0 Å². The minimum atomic E-state index is -0.993. The van der Waals surface area contributed by atoms with E-state index in [9.17, 15) is 19.2 Å². The Hall–Kier alpha value is -2.90. The van der Waals surface area contributed by atoms with Gasteiger partial charge < -0.3 is 15.4 Å². The molecule has 0 unspecified atom stereocenters. The van der Waals surface area contributed by atoms with Gasteiger partial charge in [0.25, 0.3) is 11.8 Å². The molecule has 0 bridgehead atoms. The Morgan fingerprint density at radius 2 is 1.88 bits per heavy atom. The molecular formula is C17H21N3O5. The number of hydrogen-bond donors (Lipinski definition) is 2. The molecule has 1 aliphatic heterocycles. The van der Waals surface area contributed by atoms with E-state index in [2.05, 4.69) is 10.6 Å². The number of carbonyl (C=O) groups excluding carboxylic acids is 4. The van der Waals surface area contributed by atoms with E-state index in [1.54, 1.807) is 38.1 Å². The first-order chi connectivity index (χ1) is 11.7. The maximum Gasteiger partial charge on any atom is 0.325 e. The number of benzene rings is 1. The van der Waals surface area contributed by atoms with E-state index >= 15 is 0 Å². The fourth-order valence-electron chi connectivity index (χ4n) is 2.30. The Morgan fingerprint density at radius 3 is 2.44 bits per heavy atom. The van der Waals surface area contributed by atoms with Crippen LogP contribution in [0.3, 0.4) is 0 Å². The predicted molar refractivity (Wildman–Crippen MR) is 89.6 cm³/mol. The summed E-state index contributed by atoms with van der Waals surface area (Å²) in [5.74, 6) is -1.53. The third-order valence-electron chi connectivity index (χ3n) is 3.70. The summed E-state index contributed by atoms with van der Waals surface area (Å²) in [7, 11) is 0. The highest BCUT2D eigenvalue weighted by Crippen LogP contribution is 2.17. The summed E-state index contributed by atoms with van der Waals surface area (Å²) in [5.41, 5.74) is -0.388. The Kier molecular flexibility index (Phi) is 5.41. The lowest BCUT2D eigenvalue weighted by molar-refractivity contribution is -0.153. The smallest absolute Gasteiger partial charge is 0.325 e. The first-order valence-electron chi connectivity index (χ1n) is 7.90. The second-order valence-electron chi connectivity index (χ2n) is 6.25. The number of urea groups is 1. The van der Waals surface area contributed by atoms with E-state index in [0.717, 1.165) is 4.90 Å². The molecule has 1 saturated heterocycles. The standard InChI is InChI=1S/C17H21N3O5/c1-11(14(22)18-12-7-5-4-6-8-12)25-13(21)9-10-20-15(23)17(2,3)19-16(20)24/h4-8,11H,9-10H2,1-3H3,(H,18,22)(H,19,24)/t11-/m1/s1. The zero-order valence-corrected chi connectivity index (χ0v) is 14.4. The Labute approximate surface area is 145 Å². The molecule has 8 heteroatoms. The predicted octanol–water partition coefficient (Wildman–Crippen LogP) is 1.28. The van der Waals surface area contributed by atoms with Crippen molar-refractivity contribution in [1.82, 2.24) is 10.2 Å². The van der Waals surface area contributed by atoms with Crippen LogP contribution >= 0.6 is 0 Å². The summed E-state index contributed by atoms with van der Waals surface area (Å²) >= 11 is 0. The molecule has 2 N–H and O–H groups in total. The maximum atomic E-state index is 12.0. The van der Waals surface area contributed by atoms with Crippen molar-refractivity contribution in [2.45, 2.75) is 38.8 Å². The van der Waals surface area contributed by atoms with E-state index in [0.29, 0.717) is 5.69 Å². The van der Waals surface area contributed by atoms with Crippen LogP contribution in [0.1, 0.15) is 27.2 Å². The van der Waals surface area contributed by atoms with Gasteiger partial charge in [-0.05, 0) is 32.9 Å². The van der Waals surface area contributed by atoms with Crippen LogP contribution in [0.4, 0.5) is 10.5 Å². The van der Waals surface area contributed by atoms with Crippen molar-refractivity contribution >= 4 is 29.5 Å². The highest BCUT2D eigenvalue weighted by atomic mass is 16.5. The monoisotopic (exact) mass is 347 g/mol.